The van der Waals surface area contributed by atoms with Crippen LogP contribution in [0.1, 0.15) is 16.7 Å². The maximum absolute atomic E-state index is 14.9. The van der Waals surface area contributed by atoms with Gasteiger partial charge < -0.3 is 4.18 Å². The fourth-order valence-corrected chi connectivity index (χ4v) is 5.33. The lowest BCUT2D eigenvalue weighted by Gasteiger charge is -2.12. The Morgan fingerprint density at radius 3 is 2.32 bits per heavy atom. The predicted molar refractivity (Wildman–Crippen MR) is 119 cm³/mol. The Labute approximate surface area is 180 Å². The molecule has 0 spiro atoms. The standard InChI is InChI=1S/C26H19FO3S/c1-17-7-2-5-12-26(17)31(28,29)30-25-14-13-19(16-24(25)27)21-10-6-11-22-20-9-4-3-8-18(20)15-23(21)22/h2-14,16H,15H2,1H3. The van der Waals surface area contributed by atoms with E-state index in [1.165, 1.54) is 29.3 Å². The molecule has 0 saturated heterocycles. The van der Waals surface area contributed by atoms with Crippen molar-refractivity contribution < 1.29 is 17.0 Å². The third-order valence-corrected chi connectivity index (χ3v) is 7.05. The summed E-state index contributed by atoms with van der Waals surface area (Å²) < 4.78 is 45.3. The van der Waals surface area contributed by atoms with Gasteiger partial charge in [0.05, 0.1) is 0 Å². The molecule has 3 nitrogen and oxygen atoms in total. The normalized spacial score (nSPS) is 12.3. The maximum Gasteiger partial charge on any atom is 0.339 e. The molecule has 1 aliphatic rings. The zero-order chi connectivity index (χ0) is 21.6. The summed E-state index contributed by atoms with van der Waals surface area (Å²) in [5.74, 6) is -1.04. The number of benzene rings is 4. The second-order valence-electron chi connectivity index (χ2n) is 7.61. The van der Waals surface area contributed by atoms with Crippen LogP contribution < -0.4 is 4.18 Å². The molecule has 5 rings (SSSR count). The Kier molecular flexibility index (Phi) is 4.63. The van der Waals surface area contributed by atoms with E-state index in [9.17, 15) is 12.8 Å². The molecule has 0 fully saturated rings. The first-order valence-corrected chi connectivity index (χ1v) is 11.3. The number of hydrogen-bond acceptors (Lipinski definition) is 3. The van der Waals surface area contributed by atoms with Crippen molar-refractivity contribution in [3.8, 4) is 28.0 Å². The molecule has 0 aliphatic heterocycles. The van der Waals surface area contributed by atoms with Crippen LogP contribution in [-0.4, -0.2) is 8.42 Å². The molecular weight excluding hydrogens is 411 g/mol. The zero-order valence-corrected chi connectivity index (χ0v) is 17.6. The average molecular weight is 431 g/mol. The van der Waals surface area contributed by atoms with Gasteiger partial charge in [-0.25, -0.2) is 4.39 Å². The Balaban J connectivity index is 1.50. The molecule has 0 bridgehead atoms. The molecule has 0 radical (unpaired) electrons. The van der Waals surface area contributed by atoms with E-state index in [1.54, 1.807) is 31.2 Å². The Hall–Kier alpha value is -3.44. The molecule has 5 heteroatoms. The van der Waals surface area contributed by atoms with E-state index in [0.29, 0.717) is 11.1 Å². The van der Waals surface area contributed by atoms with E-state index < -0.39 is 15.9 Å². The summed E-state index contributed by atoms with van der Waals surface area (Å²) in [6.45, 7) is 1.67. The van der Waals surface area contributed by atoms with Crippen molar-refractivity contribution in [2.75, 3.05) is 0 Å². The summed E-state index contributed by atoms with van der Waals surface area (Å²) in [4.78, 5) is 0.0251. The van der Waals surface area contributed by atoms with E-state index in [4.69, 9.17) is 4.18 Å². The van der Waals surface area contributed by atoms with Crippen molar-refractivity contribution in [1.82, 2.24) is 0 Å². The summed E-state index contributed by atoms with van der Waals surface area (Å²) in [6.07, 6.45) is 0.781. The van der Waals surface area contributed by atoms with Gasteiger partial charge in [-0.15, -0.1) is 0 Å². The minimum Gasteiger partial charge on any atom is -0.376 e. The molecule has 0 aromatic heterocycles. The SMILES string of the molecule is Cc1ccccc1S(=O)(=O)Oc1ccc(-c2cccc3c2Cc2ccccc2-3)cc1F. The zero-order valence-electron chi connectivity index (χ0n) is 16.8. The average Bonchev–Trinajstić information content (AvgIpc) is 3.14. The van der Waals surface area contributed by atoms with Gasteiger partial charge in [-0.3, -0.25) is 0 Å². The van der Waals surface area contributed by atoms with Crippen LogP contribution >= 0.6 is 0 Å². The van der Waals surface area contributed by atoms with Crippen molar-refractivity contribution in [2.24, 2.45) is 0 Å². The lowest BCUT2D eigenvalue weighted by molar-refractivity contribution is 0.461. The topological polar surface area (TPSA) is 43.4 Å². The van der Waals surface area contributed by atoms with E-state index in [2.05, 4.69) is 18.2 Å². The molecule has 0 atom stereocenters. The van der Waals surface area contributed by atoms with E-state index in [-0.39, 0.29) is 10.6 Å². The lowest BCUT2D eigenvalue weighted by Crippen LogP contribution is -2.12. The van der Waals surface area contributed by atoms with Gasteiger partial charge in [-0.1, -0.05) is 66.7 Å². The first kappa shape index (κ1) is 19.5. The van der Waals surface area contributed by atoms with Gasteiger partial charge in [0.15, 0.2) is 11.6 Å². The predicted octanol–water partition coefficient (Wildman–Crippen LogP) is 6.14. The Bertz CT molecular complexity index is 1420. The molecule has 0 saturated carbocycles. The maximum atomic E-state index is 14.9. The van der Waals surface area contributed by atoms with Crippen LogP contribution in [-0.2, 0) is 16.5 Å². The van der Waals surface area contributed by atoms with Gasteiger partial charge in [0.25, 0.3) is 0 Å². The number of halogens is 1. The number of rotatable bonds is 4. The number of aryl methyl sites for hydroxylation is 1. The monoisotopic (exact) mass is 430 g/mol. The first-order valence-electron chi connectivity index (χ1n) is 9.94. The van der Waals surface area contributed by atoms with Crippen LogP contribution in [0.25, 0.3) is 22.3 Å². The van der Waals surface area contributed by atoms with Crippen molar-refractivity contribution >= 4 is 10.1 Å². The molecule has 154 valence electrons. The molecule has 4 aromatic rings. The van der Waals surface area contributed by atoms with Crippen LogP contribution in [0.4, 0.5) is 4.39 Å². The first-order chi connectivity index (χ1) is 14.9. The third-order valence-electron chi connectivity index (χ3n) is 5.66. The van der Waals surface area contributed by atoms with Gasteiger partial charge in [-0.2, -0.15) is 8.42 Å². The summed E-state index contributed by atoms with van der Waals surface area (Å²) >= 11 is 0. The largest absolute Gasteiger partial charge is 0.376 e. The van der Waals surface area contributed by atoms with Gasteiger partial charge in [-0.05, 0) is 70.5 Å². The molecule has 31 heavy (non-hydrogen) atoms. The number of fused-ring (bicyclic) bond motifs is 3. The molecular formula is C26H19FO3S. The van der Waals surface area contributed by atoms with Crippen LogP contribution in [0.3, 0.4) is 0 Å². The highest BCUT2D eigenvalue weighted by Crippen LogP contribution is 2.42. The Morgan fingerprint density at radius 2 is 1.52 bits per heavy atom. The van der Waals surface area contributed by atoms with Gasteiger partial charge in [0.2, 0.25) is 0 Å². The molecule has 0 N–H and O–H groups in total. The summed E-state index contributed by atoms with van der Waals surface area (Å²) in [6, 6.07) is 25.1. The molecule has 0 unspecified atom stereocenters. The third kappa shape index (κ3) is 3.41. The summed E-state index contributed by atoms with van der Waals surface area (Å²) in [5.41, 5.74) is 6.89. The molecule has 0 heterocycles. The van der Waals surface area contributed by atoms with Gasteiger partial charge in [0, 0.05) is 0 Å². The molecule has 4 aromatic carbocycles. The number of hydrogen-bond donors (Lipinski definition) is 0. The smallest absolute Gasteiger partial charge is 0.339 e. The van der Waals surface area contributed by atoms with E-state index >= 15 is 0 Å². The molecule has 0 amide bonds. The molecule has 1 aliphatic carbocycles. The quantitative estimate of drug-likeness (QED) is 0.322. The highest BCUT2D eigenvalue weighted by atomic mass is 32.2. The Morgan fingerprint density at radius 1 is 0.806 bits per heavy atom. The van der Waals surface area contributed by atoms with Crippen LogP contribution in [0, 0.1) is 12.7 Å². The van der Waals surface area contributed by atoms with Crippen LogP contribution in [0.5, 0.6) is 5.75 Å². The summed E-state index contributed by atoms with van der Waals surface area (Å²) in [7, 11) is -4.13. The van der Waals surface area contributed by atoms with Crippen molar-refractivity contribution in [3.63, 3.8) is 0 Å². The highest BCUT2D eigenvalue weighted by Gasteiger charge is 2.23. The fraction of sp³-hybridized carbons (Fsp3) is 0.0769. The highest BCUT2D eigenvalue weighted by molar-refractivity contribution is 7.87. The second kappa shape index (κ2) is 7.36. The van der Waals surface area contributed by atoms with E-state index in [0.717, 1.165) is 23.1 Å². The van der Waals surface area contributed by atoms with E-state index in [1.807, 2.05) is 24.3 Å². The van der Waals surface area contributed by atoms with Crippen LogP contribution in [0.2, 0.25) is 0 Å². The summed E-state index contributed by atoms with van der Waals surface area (Å²) in [5, 5.41) is 0. The van der Waals surface area contributed by atoms with Crippen molar-refractivity contribution in [1.29, 1.82) is 0 Å². The van der Waals surface area contributed by atoms with Gasteiger partial charge >= 0.3 is 10.1 Å². The van der Waals surface area contributed by atoms with Crippen LogP contribution in [0.15, 0.2) is 89.8 Å². The van der Waals surface area contributed by atoms with Crippen molar-refractivity contribution in [3.05, 3.63) is 107 Å². The van der Waals surface area contributed by atoms with Crippen molar-refractivity contribution in [2.45, 2.75) is 18.2 Å². The fourth-order valence-electron chi connectivity index (χ4n) is 4.16. The lowest BCUT2D eigenvalue weighted by atomic mass is 9.95. The second-order valence-corrected chi connectivity index (χ2v) is 9.13. The van der Waals surface area contributed by atoms with Gasteiger partial charge in [0.1, 0.15) is 4.90 Å². The minimum atomic E-state index is -4.13. The minimum absolute atomic E-state index is 0.0251.